The lowest BCUT2D eigenvalue weighted by atomic mass is 10.1. The molecule has 0 saturated heterocycles. The standard InChI is InChI=1S/C23H16Cl2O6/c1-29-18-4-2-3-15(11-18)22(27)31-17-8-5-14(6-9-17)21(26)13-30-23(28)19-10-7-16(24)12-20(19)25/h2-12H,13H2,1H3. The highest BCUT2D eigenvalue weighted by molar-refractivity contribution is 6.36. The maximum atomic E-state index is 12.3. The normalized spacial score (nSPS) is 10.3. The minimum absolute atomic E-state index is 0.110. The molecule has 0 heterocycles. The van der Waals surface area contributed by atoms with Crippen LogP contribution >= 0.6 is 23.2 Å². The van der Waals surface area contributed by atoms with Crippen molar-refractivity contribution >= 4 is 40.9 Å². The van der Waals surface area contributed by atoms with E-state index in [1.54, 1.807) is 24.3 Å². The molecule has 0 aromatic heterocycles. The first-order valence-corrected chi connectivity index (χ1v) is 9.74. The molecule has 3 aromatic rings. The van der Waals surface area contributed by atoms with Crippen LogP contribution in [0.1, 0.15) is 31.1 Å². The lowest BCUT2D eigenvalue weighted by molar-refractivity contribution is 0.0474. The van der Waals surface area contributed by atoms with E-state index in [-0.39, 0.29) is 21.9 Å². The Morgan fingerprint density at radius 2 is 1.55 bits per heavy atom. The fraction of sp³-hybridized carbons (Fsp3) is 0.0870. The predicted molar refractivity (Wildman–Crippen MR) is 115 cm³/mol. The van der Waals surface area contributed by atoms with Gasteiger partial charge in [0.05, 0.1) is 23.3 Å². The van der Waals surface area contributed by atoms with Crippen molar-refractivity contribution in [2.75, 3.05) is 13.7 Å². The first kappa shape index (κ1) is 22.3. The summed E-state index contributed by atoms with van der Waals surface area (Å²) in [4.78, 5) is 36.6. The summed E-state index contributed by atoms with van der Waals surface area (Å²) in [5.74, 6) is -0.936. The van der Waals surface area contributed by atoms with Crippen molar-refractivity contribution in [3.8, 4) is 11.5 Å². The fourth-order valence-electron chi connectivity index (χ4n) is 2.57. The molecule has 0 unspecified atom stereocenters. The average molecular weight is 459 g/mol. The Bertz CT molecular complexity index is 1130. The summed E-state index contributed by atoms with van der Waals surface area (Å²) in [7, 11) is 1.50. The lowest BCUT2D eigenvalue weighted by Gasteiger charge is -2.08. The summed E-state index contributed by atoms with van der Waals surface area (Å²) < 4.78 is 15.4. The van der Waals surface area contributed by atoms with Gasteiger partial charge in [-0.25, -0.2) is 9.59 Å². The minimum atomic E-state index is -0.737. The summed E-state index contributed by atoms with van der Waals surface area (Å²) >= 11 is 11.8. The van der Waals surface area contributed by atoms with Gasteiger partial charge in [-0.05, 0) is 60.7 Å². The zero-order valence-electron chi connectivity index (χ0n) is 16.3. The van der Waals surface area contributed by atoms with Crippen LogP contribution in [0.15, 0.2) is 66.7 Å². The molecule has 3 aromatic carbocycles. The molecule has 6 nitrogen and oxygen atoms in total. The third kappa shape index (κ3) is 5.84. The van der Waals surface area contributed by atoms with Gasteiger partial charge in [0.2, 0.25) is 0 Å². The quantitative estimate of drug-likeness (QED) is 0.273. The van der Waals surface area contributed by atoms with Gasteiger partial charge in [-0.15, -0.1) is 0 Å². The van der Waals surface area contributed by atoms with Crippen molar-refractivity contribution in [2.45, 2.75) is 0 Å². The maximum Gasteiger partial charge on any atom is 0.343 e. The molecular weight excluding hydrogens is 443 g/mol. The SMILES string of the molecule is COc1cccc(C(=O)Oc2ccc(C(=O)COC(=O)c3ccc(Cl)cc3Cl)cc2)c1. The molecule has 0 aliphatic rings. The van der Waals surface area contributed by atoms with Crippen molar-refractivity contribution in [3.63, 3.8) is 0 Å². The van der Waals surface area contributed by atoms with E-state index < -0.39 is 24.3 Å². The van der Waals surface area contributed by atoms with Crippen LogP contribution in [0.25, 0.3) is 0 Å². The molecule has 0 bridgehead atoms. The highest BCUT2D eigenvalue weighted by Crippen LogP contribution is 2.22. The van der Waals surface area contributed by atoms with E-state index in [9.17, 15) is 14.4 Å². The molecule has 0 aliphatic carbocycles. The van der Waals surface area contributed by atoms with Crippen molar-refractivity contribution in [3.05, 3.63) is 93.5 Å². The van der Waals surface area contributed by atoms with Crippen molar-refractivity contribution in [2.24, 2.45) is 0 Å². The second-order valence-electron chi connectivity index (χ2n) is 6.27. The number of carbonyl (C=O) groups excluding carboxylic acids is 3. The van der Waals surface area contributed by atoms with Crippen LogP contribution in [-0.2, 0) is 4.74 Å². The Kier molecular flexibility index (Phi) is 7.28. The Labute approximate surface area is 188 Å². The van der Waals surface area contributed by atoms with Crippen LogP contribution in [0.2, 0.25) is 10.0 Å². The number of Topliss-reactive ketones (excluding diaryl/α,β-unsaturated/α-hetero) is 1. The summed E-state index contributed by atoms with van der Waals surface area (Å²) in [5.41, 5.74) is 0.724. The molecule has 0 amide bonds. The van der Waals surface area contributed by atoms with Gasteiger partial charge in [0.1, 0.15) is 11.5 Å². The summed E-state index contributed by atoms with van der Waals surface area (Å²) in [6.45, 7) is -0.471. The zero-order chi connectivity index (χ0) is 22.4. The van der Waals surface area contributed by atoms with E-state index in [0.29, 0.717) is 16.3 Å². The van der Waals surface area contributed by atoms with Crippen LogP contribution in [0, 0.1) is 0 Å². The number of halogens is 2. The molecule has 0 fully saturated rings. The van der Waals surface area contributed by atoms with E-state index in [4.69, 9.17) is 37.4 Å². The molecule has 0 N–H and O–H groups in total. The molecular formula is C23H16Cl2O6. The second-order valence-corrected chi connectivity index (χ2v) is 7.11. The highest BCUT2D eigenvalue weighted by Gasteiger charge is 2.16. The Morgan fingerprint density at radius 3 is 2.23 bits per heavy atom. The van der Waals surface area contributed by atoms with Gasteiger partial charge in [-0.3, -0.25) is 4.79 Å². The first-order chi connectivity index (χ1) is 14.9. The smallest absolute Gasteiger partial charge is 0.343 e. The Balaban J connectivity index is 1.58. The van der Waals surface area contributed by atoms with Crippen molar-refractivity contribution in [1.82, 2.24) is 0 Å². The summed E-state index contributed by atoms with van der Waals surface area (Å²) in [6, 6.07) is 16.8. The number of carbonyl (C=O) groups is 3. The molecule has 158 valence electrons. The number of benzene rings is 3. The molecule has 0 spiro atoms. The van der Waals surface area contributed by atoms with E-state index in [1.807, 2.05) is 0 Å². The van der Waals surface area contributed by atoms with Crippen LogP contribution in [0.3, 0.4) is 0 Å². The van der Waals surface area contributed by atoms with Crippen LogP contribution in [0.5, 0.6) is 11.5 Å². The van der Waals surface area contributed by atoms with Crippen LogP contribution in [-0.4, -0.2) is 31.4 Å². The molecule has 0 radical (unpaired) electrons. The summed E-state index contributed by atoms with van der Waals surface area (Å²) in [5, 5.41) is 0.511. The van der Waals surface area contributed by atoms with Gasteiger partial charge < -0.3 is 14.2 Å². The van der Waals surface area contributed by atoms with Gasteiger partial charge >= 0.3 is 11.9 Å². The van der Waals surface area contributed by atoms with E-state index in [0.717, 1.165) is 0 Å². The predicted octanol–water partition coefficient (Wildman–Crippen LogP) is 5.26. The van der Waals surface area contributed by atoms with E-state index in [1.165, 1.54) is 49.6 Å². The number of ketones is 1. The third-order valence-corrected chi connectivity index (χ3v) is 4.73. The first-order valence-electron chi connectivity index (χ1n) is 8.99. The monoisotopic (exact) mass is 458 g/mol. The molecule has 0 aliphatic heterocycles. The lowest BCUT2D eigenvalue weighted by Crippen LogP contribution is -2.14. The number of hydrogen-bond donors (Lipinski definition) is 0. The van der Waals surface area contributed by atoms with Gasteiger partial charge in [0, 0.05) is 10.6 Å². The topological polar surface area (TPSA) is 78.9 Å². The Hall–Kier alpha value is -3.35. The molecule has 3 rings (SSSR count). The van der Waals surface area contributed by atoms with Gasteiger partial charge in [-0.1, -0.05) is 29.3 Å². The number of ether oxygens (including phenoxy) is 3. The number of methoxy groups -OCH3 is 1. The van der Waals surface area contributed by atoms with Gasteiger partial charge in [-0.2, -0.15) is 0 Å². The molecule has 8 heteroatoms. The van der Waals surface area contributed by atoms with Gasteiger partial charge in [0.15, 0.2) is 12.4 Å². The van der Waals surface area contributed by atoms with Crippen molar-refractivity contribution < 1.29 is 28.6 Å². The minimum Gasteiger partial charge on any atom is -0.497 e. The second kappa shape index (κ2) is 10.1. The van der Waals surface area contributed by atoms with Crippen LogP contribution in [0.4, 0.5) is 0 Å². The van der Waals surface area contributed by atoms with Gasteiger partial charge in [0.25, 0.3) is 0 Å². The third-order valence-electron chi connectivity index (χ3n) is 4.18. The molecule has 0 atom stereocenters. The Morgan fingerprint density at radius 1 is 0.806 bits per heavy atom. The number of hydrogen-bond acceptors (Lipinski definition) is 6. The molecule has 0 saturated carbocycles. The summed E-state index contributed by atoms with van der Waals surface area (Å²) in [6.07, 6.45) is 0. The average Bonchev–Trinajstić information content (AvgIpc) is 2.77. The molecule has 31 heavy (non-hydrogen) atoms. The van der Waals surface area contributed by atoms with E-state index in [2.05, 4.69) is 0 Å². The highest BCUT2D eigenvalue weighted by atomic mass is 35.5. The van der Waals surface area contributed by atoms with E-state index >= 15 is 0 Å². The maximum absolute atomic E-state index is 12.3. The fourth-order valence-corrected chi connectivity index (χ4v) is 3.06. The van der Waals surface area contributed by atoms with Crippen LogP contribution < -0.4 is 9.47 Å². The number of esters is 2. The largest absolute Gasteiger partial charge is 0.497 e. The number of rotatable bonds is 7. The zero-order valence-corrected chi connectivity index (χ0v) is 17.8. The van der Waals surface area contributed by atoms with Crippen molar-refractivity contribution in [1.29, 1.82) is 0 Å².